The van der Waals surface area contributed by atoms with Crippen LogP contribution in [0.2, 0.25) is 0 Å². The zero-order chi connectivity index (χ0) is 27.4. The van der Waals surface area contributed by atoms with Crippen LogP contribution in [0.25, 0.3) is 0 Å². The van der Waals surface area contributed by atoms with Crippen molar-refractivity contribution < 1.29 is 23.8 Å². The van der Waals surface area contributed by atoms with E-state index < -0.39 is 0 Å². The van der Waals surface area contributed by atoms with E-state index in [9.17, 15) is 9.59 Å². The zero-order valence-corrected chi connectivity index (χ0v) is 24.5. The summed E-state index contributed by atoms with van der Waals surface area (Å²) in [5, 5.41) is 0. The maximum absolute atomic E-state index is 13.4. The van der Waals surface area contributed by atoms with E-state index in [1.165, 1.54) is 24.2 Å². The Kier molecular flexibility index (Phi) is 8.85. The molecule has 8 nitrogen and oxygen atoms in total. The summed E-state index contributed by atoms with van der Waals surface area (Å²) in [6.45, 7) is 3.85. The van der Waals surface area contributed by atoms with Crippen LogP contribution in [0.1, 0.15) is 37.7 Å². The van der Waals surface area contributed by atoms with Crippen LogP contribution in [0.5, 0.6) is 17.2 Å². The molecule has 0 radical (unpaired) electrons. The first-order valence-corrected chi connectivity index (χ1v) is 14.7. The van der Waals surface area contributed by atoms with Crippen LogP contribution in [0.4, 0.5) is 10.5 Å². The predicted molar refractivity (Wildman–Crippen MR) is 154 cm³/mol. The second-order valence-corrected chi connectivity index (χ2v) is 11.7. The first-order valence-electron chi connectivity index (χ1n) is 13.9. The Balaban J connectivity index is 1.19. The standard InChI is InChI=1S/C30H38BrN3O5/c1-37-26-15-22(16-27(38-2)29(26)39-20-21-5-3-6-21)9-12-32-14-11-28(35)34(30(32)36)19-23-10-13-33(18-23)25-8-4-7-24(31)17-25/h4,7-8,15-17,21,23H,3,5-6,9-14,18-20H2,1-2H3. The number of urea groups is 1. The monoisotopic (exact) mass is 599 g/mol. The molecule has 0 spiro atoms. The SMILES string of the molecule is COc1cc(CCN2CCC(=O)N(CC3CCN(c4cccc(Br)c4)C3)C2=O)cc(OC)c1OCC1CCC1. The number of methoxy groups -OCH3 is 2. The molecule has 1 aliphatic carbocycles. The Hall–Kier alpha value is -2.94. The molecular formula is C30H38BrN3O5. The number of hydrogen-bond acceptors (Lipinski definition) is 6. The van der Waals surface area contributed by atoms with Gasteiger partial charge >= 0.3 is 6.03 Å². The minimum absolute atomic E-state index is 0.0755. The maximum atomic E-state index is 13.4. The fourth-order valence-corrected chi connectivity index (χ4v) is 6.01. The summed E-state index contributed by atoms with van der Waals surface area (Å²) >= 11 is 3.54. The molecule has 2 saturated heterocycles. The molecule has 0 aromatic heterocycles. The number of nitrogens with zero attached hydrogens (tertiary/aromatic N) is 3. The Morgan fingerprint density at radius 1 is 0.974 bits per heavy atom. The van der Waals surface area contributed by atoms with Crippen molar-refractivity contribution in [1.29, 1.82) is 0 Å². The normalized spacial score (nSPS) is 19.9. The van der Waals surface area contributed by atoms with Crippen LogP contribution in [0.15, 0.2) is 40.9 Å². The molecule has 2 aromatic carbocycles. The second kappa shape index (κ2) is 12.5. The number of carbonyl (C=O) groups is 2. The van der Waals surface area contributed by atoms with Crippen molar-refractivity contribution in [3.05, 3.63) is 46.4 Å². The maximum Gasteiger partial charge on any atom is 0.326 e. The molecule has 5 rings (SSSR count). The van der Waals surface area contributed by atoms with E-state index in [-0.39, 0.29) is 17.9 Å². The van der Waals surface area contributed by atoms with Crippen molar-refractivity contribution in [2.75, 3.05) is 58.5 Å². The van der Waals surface area contributed by atoms with E-state index in [1.807, 2.05) is 24.3 Å². The van der Waals surface area contributed by atoms with Crippen LogP contribution < -0.4 is 19.1 Å². The van der Waals surface area contributed by atoms with Crippen LogP contribution in [0.3, 0.4) is 0 Å². The number of benzene rings is 2. The lowest BCUT2D eigenvalue weighted by molar-refractivity contribution is -0.131. The fraction of sp³-hybridized carbons (Fsp3) is 0.533. The number of rotatable bonds is 11. The van der Waals surface area contributed by atoms with Crippen molar-refractivity contribution in [2.45, 2.75) is 38.5 Å². The van der Waals surface area contributed by atoms with Crippen molar-refractivity contribution in [1.82, 2.24) is 9.80 Å². The number of ether oxygens (including phenoxy) is 3. The van der Waals surface area contributed by atoms with E-state index >= 15 is 0 Å². The third-order valence-electron chi connectivity index (χ3n) is 8.18. The lowest BCUT2D eigenvalue weighted by atomic mass is 9.86. The van der Waals surface area contributed by atoms with Crippen LogP contribution >= 0.6 is 15.9 Å². The number of hydrogen-bond donors (Lipinski definition) is 0. The summed E-state index contributed by atoms with van der Waals surface area (Å²) in [5.74, 6) is 2.70. The molecule has 2 aromatic rings. The summed E-state index contributed by atoms with van der Waals surface area (Å²) in [4.78, 5) is 31.7. The third kappa shape index (κ3) is 6.45. The minimum atomic E-state index is -0.188. The molecule has 3 aliphatic rings. The second-order valence-electron chi connectivity index (χ2n) is 10.8. The van der Waals surface area contributed by atoms with Gasteiger partial charge in [-0.05, 0) is 73.4 Å². The van der Waals surface area contributed by atoms with Gasteiger partial charge in [-0.2, -0.15) is 0 Å². The van der Waals surface area contributed by atoms with Gasteiger partial charge in [-0.25, -0.2) is 4.79 Å². The van der Waals surface area contributed by atoms with Gasteiger partial charge in [-0.3, -0.25) is 9.69 Å². The average molecular weight is 601 g/mol. The van der Waals surface area contributed by atoms with Crippen LogP contribution in [0, 0.1) is 11.8 Å². The van der Waals surface area contributed by atoms with E-state index in [0.29, 0.717) is 62.2 Å². The average Bonchev–Trinajstić information content (AvgIpc) is 3.38. The number of amides is 3. The highest BCUT2D eigenvalue weighted by atomic mass is 79.9. The molecule has 39 heavy (non-hydrogen) atoms. The Morgan fingerprint density at radius 3 is 2.41 bits per heavy atom. The van der Waals surface area contributed by atoms with Gasteiger partial charge in [0.25, 0.3) is 0 Å². The summed E-state index contributed by atoms with van der Waals surface area (Å²) < 4.78 is 18.4. The van der Waals surface area contributed by atoms with Gasteiger partial charge in [0.05, 0.1) is 20.8 Å². The lowest BCUT2D eigenvalue weighted by Gasteiger charge is -2.35. The highest BCUT2D eigenvalue weighted by Gasteiger charge is 2.35. The van der Waals surface area contributed by atoms with Gasteiger partial charge in [0.1, 0.15) is 0 Å². The Bertz CT molecular complexity index is 1160. The van der Waals surface area contributed by atoms with E-state index in [4.69, 9.17) is 14.2 Å². The van der Waals surface area contributed by atoms with Gasteiger partial charge in [-0.1, -0.05) is 28.4 Å². The summed E-state index contributed by atoms with van der Waals surface area (Å²) in [5.41, 5.74) is 2.16. The van der Waals surface area contributed by atoms with Crippen molar-refractivity contribution >= 4 is 33.6 Å². The van der Waals surface area contributed by atoms with Crippen LogP contribution in [-0.4, -0.2) is 75.3 Å². The number of carbonyl (C=O) groups excluding carboxylic acids is 2. The highest BCUT2D eigenvalue weighted by molar-refractivity contribution is 9.10. The Labute approximate surface area is 239 Å². The van der Waals surface area contributed by atoms with E-state index in [0.717, 1.165) is 35.2 Å². The predicted octanol–water partition coefficient (Wildman–Crippen LogP) is 5.37. The smallest absolute Gasteiger partial charge is 0.326 e. The number of halogens is 1. The fourth-order valence-electron chi connectivity index (χ4n) is 5.62. The van der Waals surface area contributed by atoms with Gasteiger partial charge in [0.15, 0.2) is 11.5 Å². The first kappa shape index (κ1) is 27.6. The molecule has 0 bridgehead atoms. The van der Waals surface area contributed by atoms with E-state index in [2.05, 4.69) is 33.0 Å². The molecule has 3 amide bonds. The van der Waals surface area contributed by atoms with Crippen LogP contribution in [-0.2, 0) is 11.2 Å². The summed E-state index contributed by atoms with van der Waals surface area (Å²) in [6, 6.07) is 12.0. The highest BCUT2D eigenvalue weighted by Crippen LogP contribution is 2.40. The van der Waals surface area contributed by atoms with Crippen molar-refractivity contribution in [3.63, 3.8) is 0 Å². The van der Waals surface area contributed by atoms with Gasteiger partial charge in [0.2, 0.25) is 11.7 Å². The van der Waals surface area contributed by atoms with Gasteiger partial charge < -0.3 is 24.0 Å². The zero-order valence-electron chi connectivity index (χ0n) is 22.9. The molecule has 2 aliphatic heterocycles. The molecule has 2 heterocycles. The molecule has 3 fully saturated rings. The molecule has 210 valence electrons. The number of anilines is 1. The third-order valence-corrected chi connectivity index (χ3v) is 8.67. The van der Waals surface area contributed by atoms with Gasteiger partial charge in [-0.15, -0.1) is 0 Å². The first-order chi connectivity index (χ1) is 18.9. The Morgan fingerprint density at radius 2 is 1.74 bits per heavy atom. The lowest BCUT2D eigenvalue weighted by Crippen LogP contribution is -2.54. The molecule has 9 heteroatoms. The summed E-state index contributed by atoms with van der Waals surface area (Å²) in [6.07, 6.45) is 5.62. The van der Waals surface area contributed by atoms with E-state index in [1.54, 1.807) is 19.1 Å². The molecule has 1 unspecified atom stereocenters. The number of imide groups is 1. The largest absolute Gasteiger partial charge is 0.493 e. The topological polar surface area (TPSA) is 71.6 Å². The minimum Gasteiger partial charge on any atom is -0.493 e. The molecular weight excluding hydrogens is 562 g/mol. The van der Waals surface area contributed by atoms with Gasteiger partial charge in [0, 0.05) is 49.3 Å². The molecule has 0 N–H and O–H groups in total. The van der Waals surface area contributed by atoms with Crippen molar-refractivity contribution in [2.24, 2.45) is 11.8 Å². The molecule has 1 atom stereocenters. The summed E-state index contributed by atoms with van der Waals surface area (Å²) in [7, 11) is 3.26. The van der Waals surface area contributed by atoms with Crippen molar-refractivity contribution in [3.8, 4) is 17.2 Å². The molecule has 1 saturated carbocycles. The quantitative estimate of drug-likeness (QED) is 0.346.